The van der Waals surface area contributed by atoms with Gasteiger partial charge in [0, 0.05) is 11.1 Å². The van der Waals surface area contributed by atoms with Gasteiger partial charge in [-0.1, -0.05) is 54.1 Å². The SMILES string of the molecule is Cc1ccc(N[C@@H](CCS)C(=O)Oc2cccc3ccccc23)cc1. The van der Waals surface area contributed by atoms with E-state index >= 15 is 0 Å². The molecule has 0 spiro atoms. The van der Waals surface area contributed by atoms with Gasteiger partial charge in [0.25, 0.3) is 0 Å². The first-order chi connectivity index (χ1) is 12.2. The molecule has 0 radical (unpaired) electrons. The molecule has 0 saturated carbocycles. The summed E-state index contributed by atoms with van der Waals surface area (Å²) >= 11 is 4.27. The van der Waals surface area contributed by atoms with Crippen LogP contribution < -0.4 is 10.1 Å². The van der Waals surface area contributed by atoms with Crippen LogP contribution in [-0.4, -0.2) is 17.8 Å². The molecular formula is C21H21NO2S. The summed E-state index contributed by atoms with van der Waals surface area (Å²) in [6.07, 6.45) is 0.584. The van der Waals surface area contributed by atoms with Gasteiger partial charge in [-0.05, 0) is 42.7 Å². The van der Waals surface area contributed by atoms with Crippen LogP contribution >= 0.6 is 12.6 Å². The molecule has 128 valence electrons. The minimum atomic E-state index is -0.445. The molecule has 1 N–H and O–H groups in total. The van der Waals surface area contributed by atoms with Crippen LogP contribution in [0.15, 0.2) is 66.7 Å². The lowest BCUT2D eigenvalue weighted by Gasteiger charge is -2.18. The average molecular weight is 351 g/mol. The number of carbonyl (C=O) groups excluding carboxylic acids is 1. The average Bonchev–Trinajstić information content (AvgIpc) is 2.63. The number of thiol groups is 1. The molecule has 0 fully saturated rings. The van der Waals surface area contributed by atoms with Crippen molar-refractivity contribution in [1.29, 1.82) is 0 Å². The molecular weight excluding hydrogens is 330 g/mol. The summed E-state index contributed by atoms with van der Waals surface area (Å²) in [4.78, 5) is 12.7. The van der Waals surface area contributed by atoms with Crippen molar-refractivity contribution in [2.24, 2.45) is 0 Å². The van der Waals surface area contributed by atoms with Gasteiger partial charge in [0.2, 0.25) is 0 Å². The van der Waals surface area contributed by atoms with Gasteiger partial charge in [-0.25, -0.2) is 4.79 Å². The van der Waals surface area contributed by atoms with Crippen molar-refractivity contribution in [1.82, 2.24) is 0 Å². The van der Waals surface area contributed by atoms with Gasteiger partial charge in [0.1, 0.15) is 11.8 Å². The molecule has 0 aliphatic carbocycles. The molecule has 0 saturated heterocycles. The summed E-state index contributed by atoms with van der Waals surface area (Å²) in [6, 6.07) is 21.1. The fourth-order valence-electron chi connectivity index (χ4n) is 2.69. The molecule has 0 unspecified atom stereocenters. The number of hydrogen-bond acceptors (Lipinski definition) is 4. The summed E-state index contributed by atoms with van der Waals surface area (Å²) in [5, 5.41) is 5.23. The lowest BCUT2D eigenvalue weighted by Crippen LogP contribution is -2.33. The normalized spacial score (nSPS) is 11.9. The van der Waals surface area contributed by atoms with E-state index in [-0.39, 0.29) is 5.97 Å². The molecule has 0 amide bonds. The van der Waals surface area contributed by atoms with Crippen LogP contribution in [0.2, 0.25) is 0 Å². The molecule has 0 aliphatic heterocycles. The lowest BCUT2D eigenvalue weighted by atomic mass is 10.1. The zero-order chi connectivity index (χ0) is 17.6. The van der Waals surface area contributed by atoms with E-state index in [0.717, 1.165) is 16.5 Å². The second-order valence-electron chi connectivity index (χ2n) is 5.97. The van der Waals surface area contributed by atoms with Crippen molar-refractivity contribution < 1.29 is 9.53 Å². The van der Waals surface area contributed by atoms with Crippen molar-refractivity contribution in [3.63, 3.8) is 0 Å². The topological polar surface area (TPSA) is 38.3 Å². The van der Waals surface area contributed by atoms with Crippen molar-refractivity contribution in [2.75, 3.05) is 11.1 Å². The van der Waals surface area contributed by atoms with E-state index in [0.29, 0.717) is 17.9 Å². The monoisotopic (exact) mass is 351 g/mol. The van der Waals surface area contributed by atoms with E-state index in [2.05, 4.69) is 17.9 Å². The summed E-state index contributed by atoms with van der Waals surface area (Å²) in [6.45, 7) is 2.03. The number of rotatable bonds is 6. The second-order valence-corrected chi connectivity index (χ2v) is 6.42. The molecule has 1 atom stereocenters. The highest BCUT2D eigenvalue weighted by molar-refractivity contribution is 7.80. The van der Waals surface area contributed by atoms with Gasteiger partial charge < -0.3 is 10.1 Å². The van der Waals surface area contributed by atoms with Crippen molar-refractivity contribution in [3.8, 4) is 5.75 Å². The van der Waals surface area contributed by atoms with Crippen molar-refractivity contribution in [2.45, 2.75) is 19.4 Å². The minimum absolute atomic E-state index is 0.300. The molecule has 3 aromatic carbocycles. The van der Waals surface area contributed by atoms with Crippen LogP contribution in [0.1, 0.15) is 12.0 Å². The zero-order valence-corrected chi connectivity index (χ0v) is 15.0. The highest BCUT2D eigenvalue weighted by atomic mass is 32.1. The Morgan fingerprint density at radius 1 is 1.04 bits per heavy atom. The number of nitrogens with one attached hydrogen (secondary N) is 1. The highest BCUT2D eigenvalue weighted by Crippen LogP contribution is 2.26. The zero-order valence-electron chi connectivity index (χ0n) is 14.1. The highest BCUT2D eigenvalue weighted by Gasteiger charge is 2.20. The maximum atomic E-state index is 12.7. The predicted molar refractivity (Wildman–Crippen MR) is 107 cm³/mol. The number of ether oxygens (including phenoxy) is 1. The number of hydrogen-bond donors (Lipinski definition) is 2. The van der Waals surface area contributed by atoms with Gasteiger partial charge >= 0.3 is 5.97 Å². The largest absolute Gasteiger partial charge is 0.424 e. The molecule has 3 nitrogen and oxygen atoms in total. The van der Waals surface area contributed by atoms with E-state index in [4.69, 9.17) is 4.74 Å². The van der Waals surface area contributed by atoms with Crippen LogP contribution in [0, 0.1) is 6.92 Å². The van der Waals surface area contributed by atoms with Gasteiger partial charge in [0.15, 0.2) is 0 Å². The minimum Gasteiger partial charge on any atom is -0.424 e. The number of benzene rings is 3. The van der Waals surface area contributed by atoms with Gasteiger partial charge in [-0.2, -0.15) is 12.6 Å². The summed E-state index contributed by atoms with van der Waals surface area (Å²) in [5.74, 6) is 0.873. The Kier molecular flexibility index (Phi) is 5.61. The summed E-state index contributed by atoms with van der Waals surface area (Å²) < 4.78 is 5.70. The van der Waals surface area contributed by atoms with Crippen LogP contribution in [0.25, 0.3) is 10.8 Å². The van der Waals surface area contributed by atoms with Crippen molar-refractivity contribution >= 4 is 35.1 Å². The molecule has 3 rings (SSSR count). The molecule has 4 heteroatoms. The third-order valence-electron chi connectivity index (χ3n) is 4.05. The summed E-state index contributed by atoms with van der Waals surface area (Å²) in [7, 11) is 0. The lowest BCUT2D eigenvalue weighted by molar-refractivity contribution is -0.135. The Morgan fingerprint density at radius 3 is 2.52 bits per heavy atom. The van der Waals surface area contributed by atoms with E-state index in [1.807, 2.05) is 73.7 Å². The Labute approximate surface area is 153 Å². The molecule has 3 aromatic rings. The van der Waals surface area contributed by atoms with Crippen LogP contribution in [0.3, 0.4) is 0 Å². The fourth-order valence-corrected chi connectivity index (χ4v) is 2.95. The quantitative estimate of drug-likeness (QED) is 0.379. The van der Waals surface area contributed by atoms with E-state index in [9.17, 15) is 4.79 Å². The van der Waals surface area contributed by atoms with E-state index in [1.54, 1.807) is 0 Å². The smallest absolute Gasteiger partial charge is 0.333 e. The second kappa shape index (κ2) is 8.08. The Morgan fingerprint density at radius 2 is 1.76 bits per heavy atom. The molecule has 25 heavy (non-hydrogen) atoms. The molecule has 0 aromatic heterocycles. The van der Waals surface area contributed by atoms with Crippen LogP contribution in [0.5, 0.6) is 5.75 Å². The predicted octanol–water partition coefficient (Wildman–Crippen LogP) is 4.85. The third-order valence-corrected chi connectivity index (χ3v) is 4.31. The Balaban J connectivity index is 1.79. The van der Waals surface area contributed by atoms with Gasteiger partial charge in [-0.15, -0.1) is 0 Å². The fraction of sp³-hybridized carbons (Fsp3) is 0.190. The number of aryl methyl sites for hydroxylation is 1. The maximum Gasteiger partial charge on any atom is 0.333 e. The molecule has 0 heterocycles. The molecule has 0 aliphatic rings. The standard InChI is InChI=1S/C21H21NO2S/c1-15-9-11-17(12-10-15)22-19(13-14-25)21(23)24-20-8-4-6-16-5-2-3-7-18(16)20/h2-12,19,22,25H,13-14H2,1H3/t19-/m0/s1. The summed E-state index contributed by atoms with van der Waals surface area (Å²) in [5.41, 5.74) is 2.07. The first-order valence-corrected chi connectivity index (χ1v) is 8.94. The number of esters is 1. The number of fused-ring (bicyclic) bond motifs is 1. The van der Waals surface area contributed by atoms with E-state index < -0.39 is 6.04 Å². The maximum absolute atomic E-state index is 12.7. The Hall–Kier alpha value is -2.46. The third kappa shape index (κ3) is 4.34. The first-order valence-electron chi connectivity index (χ1n) is 8.31. The van der Waals surface area contributed by atoms with Gasteiger partial charge in [0.05, 0.1) is 0 Å². The van der Waals surface area contributed by atoms with Crippen LogP contribution in [-0.2, 0) is 4.79 Å². The van der Waals surface area contributed by atoms with Crippen molar-refractivity contribution in [3.05, 3.63) is 72.3 Å². The number of carbonyl (C=O) groups is 1. The molecule has 0 bridgehead atoms. The van der Waals surface area contributed by atoms with Gasteiger partial charge in [-0.3, -0.25) is 0 Å². The van der Waals surface area contributed by atoms with E-state index in [1.165, 1.54) is 5.56 Å². The van der Waals surface area contributed by atoms with Crippen LogP contribution in [0.4, 0.5) is 5.69 Å². The number of anilines is 1. The Bertz CT molecular complexity index is 856. The first kappa shape index (κ1) is 17.4.